The fourth-order valence-electron chi connectivity index (χ4n) is 4.39. The Bertz CT molecular complexity index is 281. The summed E-state index contributed by atoms with van der Waals surface area (Å²) < 4.78 is 5.97. The van der Waals surface area contributed by atoms with E-state index in [-0.39, 0.29) is 0 Å². The van der Waals surface area contributed by atoms with E-state index in [1.807, 2.05) is 0 Å². The van der Waals surface area contributed by atoms with E-state index in [4.69, 9.17) is 4.74 Å². The summed E-state index contributed by atoms with van der Waals surface area (Å²) in [7, 11) is 0. The molecule has 1 aliphatic carbocycles. The van der Waals surface area contributed by atoms with Crippen LogP contribution < -0.4 is 5.32 Å². The van der Waals surface area contributed by atoms with Crippen LogP contribution in [0.4, 0.5) is 0 Å². The fraction of sp³-hybridized carbons (Fsp3) is 1.00. The fourth-order valence-corrected chi connectivity index (χ4v) is 4.39. The maximum atomic E-state index is 5.97. The molecule has 0 radical (unpaired) electrons. The topological polar surface area (TPSA) is 21.3 Å². The average Bonchev–Trinajstić information content (AvgIpc) is 2.91. The van der Waals surface area contributed by atoms with E-state index in [9.17, 15) is 0 Å². The highest BCUT2D eigenvalue weighted by Crippen LogP contribution is 2.39. The maximum absolute atomic E-state index is 5.97. The van der Waals surface area contributed by atoms with Gasteiger partial charge in [0.05, 0.1) is 6.10 Å². The van der Waals surface area contributed by atoms with Gasteiger partial charge in [0.1, 0.15) is 0 Å². The number of hydrogen-bond donors (Lipinski definition) is 1. The van der Waals surface area contributed by atoms with E-state index >= 15 is 0 Å². The molecule has 2 nitrogen and oxygen atoms in total. The van der Waals surface area contributed by atoms with Gasteiger partial charge < -0.3 is 10.1 Å². The van der Waals surface area contributed by atoms with E-state index in [0.717, 1.165) is 36.8 Å². The molecule has 1 N–H and O–H groups in total. The first kappa shape index (κ1) is 16.3. The predicted octanol–water partition coefficient (Wildman–Crippen LogP) is 4.24. The highest BCUT2D eigenvalue weighted by Gasteiger charge is 2.39. The van der Waals surface area contributed by atoms with Crippen LogP contribution >= 0.6 is 0 Å². The molecule has 0 aromatic heterocycles. The Hall–Kier alpha value is -0.0800. The van der Waals surface area contributed by atoms with E-state index in [0.29, 0.717) is 12.1 Å². The molecule has 1 heterocycles. The summed E-state index contributed by atoms with van der Waals surface area (Å²) in [5, 5.41) is 3.90. The molecule has 0 aromatic rings. The van der Waals surface area contributed by atoms with E-state index in [1.54, 1.807) is 0 Å². The van der Waals surface area contributed by atoms with Crippen molar-refractivity contribution in [3.63, 3.8) is 0 Å². The van der Waals surface area contributed by atoms with Crippen molar-refractivity contribution in [2.75, 3.05) is 13.2 Å². The van der Waals surface area contributed by atoms with Crippen molar-refractivity contribution >= 4 is 0 Å². The summed E-state index contributed by atoms with van der Waals surface area (Å²) in [5.74, 6) is 3.42. The molecule has 6 atom stereocenters. The van der Waals surface area contributed by atoms with Crippen LogP contribution in [0.5, 0.6) is 0 Å². The van der Waals surface area contributed by atoms with Crippen LogP contribution in [0, 0.1) is 23.7 Å². The molecule has 1 aliphatic heterocycles. The molecule has 0 bridgehead atoms. The molecule has 2 aliphatic rings. The molecular weight excluding hydrogens is 246 g/mol. The van der Waals surface area contributed by atoms with Crippen molar-refractivity contribution in [2.24, 2.45) is 23.7 Å². The van der Waals surface area contributed by atoms with Gasteiger partial charge >= 0.3 is 0 Å². The average molecular weight is 281 g/mol. The molecule has 2 rings (SSSR count). The molecule has 2 heteroatoms. The van der Waals surface area contributed by atoms with Gasteiger partial charge in [-0.15, -0.1) is 0 Å². The van der Waals surface area contributed by atoms with Gasteiger partial charge in [-0.3, -0.25) is 0 Å². The largest absolute Gasteiger partial charge is 0.378 e. The lowest BCUT2D eigenvalue weighted by Gasteiger charge is -2.40. The molecule has 1 saturated carbocycles. The quantitative estimate of drug-likeness (QED) is 0.786. The van der Waals surface area contributed by atoms with Gasteiger partial charge in [0, 0.05) is 18.6 Å². The summed E-state index contributed by atoms with van der Waals surface area (Å²) in [5.41, 5.74) is 0. The van der Waals surface area contributed by atoms with Crippen molar-refractivity contribution in [1.82, 2.24) is 5.32 Å². The maximum Gasteiger partial charge on any atom is 0.0616 e. The lowest BCUT2D eigenvalue weighted by Crippen LogP contribution is -2.47. The Morgan fingerprint density at radius 1 is 1.10 bits per heavy atom. The zero-order valence-electron chi connectivity index (χ0n) is 14.0. The minimum Gasteiger partial charge on any atom is -0.378 e. The monoisotopic (exact) mass is 281 g/mol. The summed E-state index contributed by atoms with van der Waals surface area (Å²) in [6, 6.07) is 0.692. The van der Waals surface area contributed by atoms with Crippen molar-refractivity contribution in [2.45, 2.75) is 78.4 Å². The van der Waals surface area contributed by atoms with Crippen LogP contribution in [0.2, 0.25) is 0 Å². The van der Waals surface area contributed by atoms with Crippen molar-refractivity contribution in [1.29, 1.82) is 0 Å². The standard InChI is InChI=1S/C18H35NO/c1-5-10-19-18(16-9-11-20-17(16)6-2)15-8-7-13(3)14(4)12-15/h13-19H,5-12H2,1-4H3. The Morgan fingerprint density at radius 2 is 1.90 bits per heavy atom. The smallest absolute Gasteiger partial charge is 0.0616 e. The second-order valence-electron chi connectivity index (χ2n) is 7.28. The summed E-state index contributed by atoms with van der Waals surface area (Å²) >= 11 is 0. The van der Waals surface area contributed by atoms with Gasteiger partial charge in [-0.25, -0.2) is 0 Å². The second kappa shape index (κ2) is 7.79. The predicted molar refractivity (Wildman–Crippen MR) is 85.9 cm³/mol. The molecular formula is C18H35NO. The molecule has 1 saturated heterocycles. The molecule has 2 fully saturated rings. The normalized spacial score (nSPS) is 39.9. The Morgan fingerprint density at radius 3 is 2.55 bits per heavy atom. The minimum absolute atomic E-state index is 0.499. The van der Waals surface area contributed by atoms with Crippen LogP contribution in [0.3, 0.4) is 0 Å². The van der Waals surface area contributed by atoms with Gasteiger partial charge in [0.2, 0.25) is 0 Å². The first-order valence-corrected chi connectivity index (χ1v) is 9.02. The first-order chi connectivity index (χ1) is 9.67. The van der Waals surface area contributed by atoms with Crippen molar-refractivity contribution in [3.05, 3.63) is 0 Å². The molecule has 0 spiro atoms. The Labute approximate surface area is 126 Å². The SMILES string of the molecule is CCCNC(C1CCC(C)C(C)C1)C1CCOC1CC. The van der Waals surface area contributed by atoms with Gasteiger partial charge in [0.25, 0.3) is 0 Å². The van der Waals surface area contributed by atoms with Crippen LogP contribution in [-0.2, 0) is 4.74 Å². The van der Waals surface area contributed by atoms with Crippen LogP contribution in [0.1, 0.15) is 66.2 Å². The number of nitrogens with one attached hydrogen (secondary N) is 1. The third-order valence-electron chi connectivity index (χ3n) is 5.90. The number of hydrogen-bond acceptors (Lipinski definition) is 2. The van der Waals surface area contributed by atoms with Gasteiger partial charge in [0.15, 0.2) is 0 Å². The summed E-state index contributed by atoms with van der Waals surface area (Å²) in [6.45, 7) is 11.6. The van der Waals surface area contributed by atoms with E-state index < -0.39 is 0 Å². The summed E-state index contributed by atoms with van der Waals surface area (Å²) in [4.78, 5) is 0. The molecule has 20 heavy (non-hydrogen) atoms. The second-order valence-corrected chi connectivity index (χ2v) is 7.28. The van der Waals surface area contributed by atoms with Crippen molar-refractivity contribution < 1.29 is 4.74 Å². The molecule has 0 aromatic carbocycles. The molecule has 6 unspecified atom stereocenters. The first-order valence-electron chi connectivity index (χ1n) is 9.02. The zero-order valence-corrected chi connectivity index (χ0v) is 14.0. The highest BCUT2D eigenvalue weighted by molar-refractivity contribution is 4.92. The van der Waals surface area contributed by atoms with Crippen molar-refractivity contribution in [3.8, 4) is 0 Å². The minimum atomic E-state index is 0.499. The summed E-state index contributed by atoms with van der Waals surface area (Å²) in [6.07, 6.45) is 8.42. The third kappa shape index (κ3) is 3.76. The van der Waals surface area contributed by atoms with Crippen LogP contribution in [0.25, 0.3) is 0 Å². The van der Waals surface area contributed by atoms with Gasteiger partial charge in [-0.05, 0) is 56.4 Å². The van der Waals surface area contributed by atoms with Gasteiger partial charge in [-0.2, -0.15) is 0 Å². The Balaban J connectivity index is 2.02. The van der Waals surface area contributed by atoms with Crippen LogP contribution in [0.15, 0.2) is 0 Å². The number of rotatable bonds is 6. The molecule has 0 amide bonds. The van der Waals surface area contributed by atoms with Gasteiger partial charge in [-0.1, -0.05) is 34.1 Å². The zero-order chi connectivity index (χ0) is 14.5. The highest BCUT2D eigenvalue weighted by atomic mass is 16.5. The third-order valence-corrected chi connectivity index (χ3v) is 5.90. The lowest BCUT2D eigenvalue weighted by atomic mass is 9.69. The van der Waals surface area contributed by atoms with E-state index in [1.165, 1.54) is 38.5 Å². The molecule has 118 valence electrons. The van der Waals surface area contributed by atoms with E-state index in [2.05, 4.69) is 33.0 Å². The lowest BCUT2D eigenvalue weighted by molar-refractivity contribution is 0.0577. The van der Waals surface area contributed by atoms with Crippen LogP contribution in [-0.4, -0.2) is 25.3 Å². The number of ether oxygens (including phenoxy) is 1. The Kier molecular flexibility index (Phi) is 6.35.